The van der Waals surface area contributed by atoms with Gasteiger partial charge in [-0.1, -0.05) is 12.1 Å². The molecular weight excluding hydrogens is 342 g/mol. The number of nitrogens with one attached hydrogen (secondary N) is 1. The summed E-state index contributed by atoms with van der Waals surface area (Å²) in [7, 11) is 0. The minimum atomic E-state index is -1.07. The Morgan fingerprint density at radius 2 is 1.73 bits per heavy atom. The van der Waals surface area contributed by atoms with Gasteiger partial charge in [0.15, 0.2) is 17.4 Å². The van der Waals surface area contributed by atoms with E-state index in [0.717, 1.165) is 12.1 Å². The van der Waals surface area contributed by atoms with Crippen LogP contribution >= 0.6 is 0 Å². The van der Waals surface area contributed by atoms with Crippen LogP contribution in [0, 0.1) is 11.6 Å². The van der Waals surface area contributed by atoms with Crippen molar-refractivity contribution in [2.45, 2.75) is 20.3 Å². The van der Waals surface area contributed by atoms with Gasteiger partial charge < -0.3 is 10.2 Å². The summed E-state index contributed by atoms with van der Waals surface area (Å²) in [5, 5.41) is 2.64. The summed E-state index contributed by atoms with van der Waals surface area (Å²) in [5.74, 6) is -2.98. The lowest BCUT2D eigenvalue weighted by molar-refractivity contribution is -0.117. The van der Waals surface area contributed by atoms with Gasteiger partial charge >= 0.3 is 0 Å². The first-order chi connectivity index (χ1) is 12.3. The van der Waals surface area contributed by atoms with Gasteiger partial charge in [0.05, 0.1) is 0 Å². The SMILES string of the molecule is CC(=O)c1cccc(NC(=O)CCN(C(C)=O)c2ccc(F)c(F)c2)c1. The summed E-state index contributed by atoms with van der Waals surface area (Å²) in [5.41, 5.74) is 1.10. The van der Waals surface area contributed by atoms with E-state index in [1.807, 2.05) is 0 Å². The summed E-state index contributed by atoms with van der Waals surface area (Å²) in [6.07, 6.45) is -0.0527. The number of Topliss-reactive ketones (excluding diaryl/α,β-unsaturated/α-hetero) is 1. The molecule has 2 amide bonds. The topological polar surface area (TPSA) is 66.5 Å². The second-order valence-corrected chi connectivity index (χ2v) is 5.70. The fraction of sp³-hybridized carbons (Fsp3) is 0.211. The van der Waals surface area contributed by atoms with Crippen molar-refractivity contribution >= 4 is 29.0 Å². The Labute approximate surface area is 149 Å². The maximum Gasteiger partial charge on any atom is 0.226 e. The zero-order valence-electron chi connectivity index (χ0n) is 14.4. The third-order valence-electron chi connectivity index (χ3n) is 3.71. The van der Waals surface area contributed by atoms with E-state index in [2.05, 4.69) is 5.32 Å². The third kappa shape index (κ3) is 4.95. The van der Waals surface area contributed by atoms with Gasteiger partial charge in [0.2, 0.25) is 11.8 Å². The predicted molar refractivity (Wildman–Crippen MR) is 94.1 cm³/mol. The molecule has 26 heavy (non-hydrogen) atoms. The van der Waals surface area contributed by atoms with Crippen LogP contribution in [0.15, 0.2) is 42.5 Å². The molecule has 136 valence electrons. The third-order valence-corrected chi connectivity index (χ3v) is 3.71. The Morgan fingerprint density at radius 3 is 2.35 bits per heavy atom. The number of ketones is 1. The minimum Gasteiger partial charge on any atom is -0.326 e. The highest BCUT2D eigenvalue weighted by Crippen LogP contribution is 2.19. The van der Waals surface area contributed by atoms with E-state index >= 15 is 0 Å². The van der Waals surface area contributed by atoms with Crippen molar-refractivity contribution in [3.63, 3.8) is 0 Å². The second-order valence-electron chi connectivity index (χ2n) is 5.70. The van der Waals surface area contributed by atoms with Crippen LogP contribution in [0.5, 0.6) is 0 Å². The standard InChI is InChI=1S/C19H18F2N2O3/c1-12(24)14-4-3-5-15(10-14)22-19(26)8-9-23(13(2)25)16-6-7-17(20)18(21)11-16/h3-7,10-11H,8-9H2,1-2H3,(H,22,26). The molecule has 0 aliphatic rings. The Balaban J connectivity index is 2.03. The normalized spacial score (nSPS) is 10.3. The highest BCUT2D eigenvalue weighted by molar-refractivity contribution is 5.97. The number of amides is 2. The van der Waals surface area contributed by atoms with Gasteiger partial charge in [-0.15, -0.1) is 0 Å². The van der Waals surface area contributed by atoms with Gasteiger partial charge in [-0.2, -0.15) is 0 Å². The van der Waals surface area contributed by atoms with Crippen molar-refractivity contribution < 1.29 is 23.2 Å². The predicted octanol–water partition coefficient (Wildman–Crippen LogP) is 3.55. The van der Waals surface area contributed by atoms with Gasteiger partial charge in [0, 0.05) is 42.9 Å². The van der Waals surface area contributed by atoms with Gasteiger partial charge in [0.1, 0.15) is 0 Å². The maximum absolute atomic E-state index is 13.4. The number of hydrogen-bond donors (Lipinski definition) is 1. The molecule has 7 heteroatoms. The number of hydrogen-bond acceptors (Lipinski definition) is 3. The molecule has 5 nitrogen and oxygen atoms in total. The minimum absolute atomic E-state index is 0.00135. The molecule has 0 radical (unpaired) electrons. The molecule has 2 aromatic carbocycles. The van der Waals surface area contributed by atoms with Gasteiger partial charge in [-0.25, -0.2) is 8.78 Å². The van der Waals surface area contributed by atoms with Crippen LogP contribution in [-0.2, 0) is 9.59 Å². The fourth-order valence-electron chi connectivity index (χ4n) is 2.37. The summed E-state index contributed by atoms with van der Waals surface area (Å²) in [6.45, 7) is 2.70. The molecule has 0 atom stereocenters. The lowest BCUT2D eigenvalue weighted by Gasteiger charge is -2.21. The fourth-order valence-corrected chi connectivity index (χ4v) is 2.37. The Kier molecular flexibility index (Phi) is 6.16. The molecule has 0 spiro atoms. The van der Waals surface area contributed by atoms with E-state index in [-0.39, 0.29) is 30.3 Å². The van der Waals surface area contributed by atoms with Crippen LogP contribution in [-0.4, -0.2) is 24.1 Å². The molecule has 2 aromatic rings. The molecule has 0 heterocycles. The molecule has 2 rings (SSSR count). The number of carbonyl (C=O) groups is 3. The summed E-state index contributed by atoms with van der Waals surface area (Å²) in [4.78, 5) is 36.4. The Bertz CT molecular complexity index is 852. The Morgan fingerprint density at radius 1 is 1.00 bits per heavy atom. The average molecular weight is 360 g/mol. The number of halogens is 2. The van der Waals surface area contributed by atoms with E-state index < -0.39 is 17.5 Å². The molecular formula is C19H18F2N2O3. The Hall–Kier alpha value is -3.09. The molecule has 1 N–H and O–H groups in total. The van der Waals surface area contributed by atoms with E-state index in [4.69, 9.17) is 0 Å². The van der Waals surface area contributed by atoms with Crippen LogP contribution < -0.4 is 10.2 Å². The van der Waals surface area contributed by atoms with Crippen LogP contribution in [0.3, 0.4) is 0 Å². The smallest absolute Gasteiger partial charge is 0.226 e. The molecule has 0 saturated carbocycles. The molecule has 0 unspecified atom stereocenters. The van der Waals surface area contributed by atoms with Crippen molar-refractivity contribution in [3.8, 4) is 0 Å². The molecule has 0 aliphatic carbocycles. The first-order valence-corrected chi connectivity index (χ1v) is 7.92. The lowest BCUT2D eigenvalue weighted by atomic mass is 10.1. The molecule has 0 bridgehead atoms. The number of anilines is 2. The first kappa shape index (κ1) is 19.2. The van der Waals surface area contributed by atoms with Crippen molar-refractivity contribution in [1.29, 1.82) is 0 Å². The molecule has 0 aliphatic heterocycles. The first-order valence-electron chi connectivity index (χ1n) is 7.92. The molecule has 0 saturated heterocycles. The largest absolute Gasteiger partial charge is 0.326 e. The lowest BCUT2D eigenvalue weighted by Crippen LogP contribution is -2.32. The summed E-state index contributed by atoms with van der Waals surface area (Å²) < 4.78 is 26.4. The van der Waals surface area contributed by atoms with Crippen molar-refractivity contribution in [1.82, 2.24) is 0 Å². The zero-order valence-corrected chi connectivity index (χ0v) is 14.4. The van der Waals surface area contributed by atoms with Gasteiger partial charge in [0.25, 0.3) is 0 Å². The van der Waals surface area contributed by atoms with Crippen LogP contribution in [0.25, 0.3) is 0 Å². The van der Waals surface area contributed by atoms with E-state index in [9.17, 15) is 23.2 Å². The number of benzene rings is 2. The van der Waals surface area contributed by atoms with E-state index in [1.54, 1.807) is 24.3 Å². The van der Waals surface area contributed by atoms with Gasteiger partial charge in [-0.05, 0) is 31.2 Å². The average Bonchev–Trinajstić information content (AvgIpc) is 2.58. The molecule has 0 aromatic heterocycles. The highest BCUT2D eigenvalue weighted by atomic mass is 19.2. The van der Waals surface area contributed by atoms with E-state index in [0.29, 0.717) is 11.3 Å². The van der Waals surface area contributed by atoms with Crippen LogP contribution in [0.2, 0.25) is 0 Å². The van der Waals surface area contributed by atoms with Gasteiger partial charge in [-0.3, -0.25) is 14.4 Å². The maximum atomic E-state index is 13.4. The number of rotatable bonds is 6. The van der Waals surface area contributed by atoms with Crippen molar-refractivity contribution in [2.24, 2.45) is 0 Å². The monoisotopic (exact) mass is 360 g/mol. The van der Waals surface area contributed by atoms with Crippen molar-refractivity contribution in [3.05, 3.63) is 59.7 Å². The quantitative estimate of drug-likeness (QED) is 0.801. The van der Waals surface area contributed by atoms with Crippen molar-refractivity contribution in [2.75, 3.05) is 16.8 Å². The highest BCUT2D eigenvalue weighted by Gasteiger charge is 2.15. The molecule has 0 fully saturated rings. The number of carbonyl (C=O) groups excluding carboxylic acids is 3. The van der Waals surface area contributed by atoms with Crippen LogP contribution in [0.4, 0.5) is 20.2 Å². The second kappa shape index (κ2) is 8.33. The summed E-state index contributed by atoms with van der Waals surface area (Å²) in [6, 6.07) is 9.59. The van der Waals surface area contributed by atoms with Crippen LogP contribution in [0.1, 0.15) is 30.6 Å². The summed E-state index contributed by atoms with van der Waals surface area (Å²) >= 11 is 0. The van der Waals surface area contributed by atoms with E-state index in [1.165, 1.54) is 24.8 Å². The zero-order chi connectivity index (χ0) is 19.3. The number of nitrogens with zero attached hydrogens (tertiary/aromatic N) is 1.